The van der Waals surface area contributed by atoms with Crippen LogP contribution in [0.1, 0.15) is 12.5 Å². The van der Waals surface area contributed by atoms with E-state index >= 15 is 0 Å². The van der Waals surface area contributed by atoms with E-state index in [0.29, 0.717) is 11.3 Å². The number of aliphatic carboxylic acids is 1. The number of benzene rings is 1. The third kappa shape index (κ3) is 4.48. The van der Waals surface area contributed by atoms with Crippen LogP contribution in [0.25, 0.3) is 6.08 Å². The van der Waals surface area contributed by atoms with Crippen LogP contribution in [0, 0.1) is 0 Å². The number of hydrogen-bond acceptors (Lipinski definition) is 3. The largest absolute Gasteiger partial charge is 0.478 e. The van der Waals surface area contributed by atoms with Crippen molar-refractivity contribution in [2.75, 3.05) is 5.32 Å². The van der Waals surface area contributed by atoms with Gasteiger partial charge in [0.15, 0.2) is 0 Å². The van der Waals surface area contributed by atoms with Gasteiger partial charge in [-0.1, -0.05) is 12.1 Å². The average Bonchev–Trinajstić information content (AvgIpc) is 2.26. The molecule has 0 radical (unpaired) electrons. The highest BCUT2D eigenvalue weighted by molar-refractivity contribution is 5.94. The fourth-order valence-corrected chi connectivity index (χ4v) is 1.14. The lowest BCUT2D eigenvalue weighted by Gasteiger charge is -2.07. The number of carboxylic acids is 1. The van der Waals surface area contributed by atoms with E-state index in [0.717, 1.165) is 6.08 Å². The van der Waals surface area contributed by atoms with Gasteiger partial charge in [0, 0.05) is 11.8 Å². The summed E-state index contributed by atoms with van der Waals surface area (Å²) in [6, 6.07) is 6.24. The van der Waals surface area contributed by atoms with Crippen LogP contribution in [0.15, 0.2) is 30.3 Å². The lowest BCUT2D eigenvalue weighted by Crippen LogP contribution is -2.32. The summed E-state index contributed by atoms with van der Waals surface area (Å²) < 4.78 is 0. The van der Waals surface area contributed by atoms with Crippen LogP contribution in [0.3, 0.4) is 0 Å². The number of anilines is 1. The molecule has 0 unspecified atom stereocenters. The van der Waals surface area contributed by atoms with Crippen molar-refractivity contribution in [2.24, 2.45) is 5.73 Å². The van der Waals surface area contributed by atoms with Gasteiger partial charge in [0.1, 0.15) is 0 Å². The fourth-order valence-electron chi connectivity index (χ4n) is 1.14. The quantitative estimate of drug-likeness (QED) is 0.679. The molecular formula is C12H14N2O3. The molecule has 5 heteroatoms. The summed E-state index contributed by atoms with van der Waals surface area (Å²) in [5.41, 5.74) is 6.69. The van der Waals surface area contributed by atoms with Crippen LogP contribution < -0.4 is 11.1 Å². The normalized spacial score (nSPS) is 12.4. The molecule has 0 fully saturated rings. The molecule has 1 aromatic carbocycles. The Bertz CT molecular complexity index is 453. The zero-order valence-electron chi connectivity index (χ0n) is 9.38. The molecule has 0 saturated carbocycles. The van der Waals surface area contributed by atoms with Gasteiger partial charge in [-0.2, -0.15) is 0 Å². The van der Waals surface area contributed by atoms with Crippen molar-refractivity contribution in [1.29, 1.82) is 0 Å². The zero-order valence-corrected chi connectivity index (χ0v) is 9.38. The SMILES string of the molecule is C[C@H](N)C(=O)Nc1cccc(/C=C/C(=O)O)c1. The van der Waals surface area contributed by atoms with Crippen LogP contribution in [0.4, 0.5) is 5.69 Å². The van der Waals surface area contributed by atoms with Crippen molar-refractivity contribution in [1.82, 2.24) is 0 Å². The Morgan fingerprint density at radius 1 is 1.47 bits per heavy atom. The van der Waals surface area contributed by atoms with E-state index in [1.165, 1.54) is 6.08 Å². The van der Waals surface area contributed by atoms with Crippen molar-refractivity contribution in [3.8, 4) is 0 Å². The molecule has 0 saturated heterocycles. The third-order valence-electron chi connectivity index (χ3n) is 1.99. The van der Waals surface area contributed by atoms with Crippen molar-refractivity contribution in [3.63, 3.8) is 0 Å². The Morgan fingerprint density at radius 3 is 2.76 bits per heavy atom. The van der Waals surface area contributed by atoms with Crippen molar-refractivity contribution >= 4 is 23.6 Å². The molecule has 0 bridgehead atoms. The monoisotopic (exact) mass is 234 g/mol. The zero-order chi connectivity index (χ0) is 12.8. The van der Waals surface area contributed by atoms with E-state index in [1.807, 2.05) is 0 Å². The maximum Gasteiger partial charge on any atom is 0.328 e. The highest BCUT2D eigenvalue weighted by Gasteiger charge is 2.06. The molecule has 0 heterocycles. The summed E-state index contributed by atoms with van der Waals surface area (Å²) in [4.78, 5) is 21.7. The first-order chi connectivity index (χ1) is 7.99. The van der Waals surface area contributed by atoms with Crippen LogP contribution in [0.5, 0.6) is 0 Å². The number of carbonyl (C=O) groups is 2. The first-order valence-electron chi connectivity index (χ1n) is 5.06. The molecule has 4 N–H and O–H groups in total. The Morgan fingerprint density at radius 2 is 2.18 bits per heavy atom. The summed E-state index contributed by atoms with van der Waals surface area (Å²) >= 11 is 0. The molecule has 90 valence electrons. The van der Waals surface area contributed by atoms with Crippen molar-refractivity contribution in [2.45, 2.75) is 13.0 Å². The molecule has 1 atom stereocenters. The van der Waals surface area contributed by atoms with E-state index in [-0.39, 0.29) is 5.91 Å². The fraction of sp³-hybridized carbons (Fsp3) is 0.167. The smallest absolute Gasteiger partial charge is 0.328 e. The van der Waals surface area contributed by atoms with Gasteiger partial charge < -0.3 is 16.2 Å². The predicted molar refractivity (Wildman–Crippen MR) is 65.4 cm³/mol. The summed E-state index contributed by atoms with van der Waals surface area (Å²) in [7, 11) is 0. The van der Waals surface area contributed by atoms with E-state index in [1.54, 1.807) is 31.2 Å². The van der Waals surface area contributed by atoms with Gasteiger partial charge in [0.2, 0.25) is 5.91 Å². The predicted octanol–water partition coefficient (Wildman–Crippen LogP) is 1.07. The van der Waals surface area contributed by atoms with E-state index in [4.69, 9.17) is 10.8 Å². The van der Waals surface area contributed by atoms with Gasteiger partial charge in [-0.25, -0.2) is 4.79 Å². The van der Waals surface area contributed by atoms with Gasteiger partial charge in [-0.15, -0.1) is 0 Å². The maximum absolute atomic E-state index is 11.3. The molecule has 1 aromatic rings. The Kier molecular flexibility index (Phi) is 4.42. The van der Waals surface area contributed by atoms with Crippen molar-refractivity contribution in [3.05, 3.63) is 35.9 Å². The molecule has 5 nitrogen and oxygen atoms in total. The Balaban J connectivity index is 2.79. The van der Waals surface area contributed by atoms with Crippen LogP contribution in [-0.2, 0) is 9.59 Å². The number of carbonyl (C=O) groups excluding carboxylic acids is 1. The van der Waals surface area contributed by atoms with E-state index in [9.17, 15) is 9.59 Å². The van der Waals surface area contributed by atoms with Gasteiger partial charge in [-0.05, 0) is 30.7 Å². The number of carboxylic acid groups (broad SMARTS) is 1. The first-order valence-corrected chi connectivity index (χ1v) is 5.06. The second-order valence-electron chi connectivity index (χ2n) is 3.57. The topological polar surface area (TPSA) is 92.4 Å². The summed E-state index contributed by atoms with van der Waals surface area (Å²) in [5, 5.41) is 11.1. The number of amides is 1. The molecular weight excluding hydrogens is 220 g/mol. The number of rotatable bonds is 4. The highest BCUT2D eigenvalue weighted by Crippen LogP contribution is 2.12. The molecule has 0 aliphatic rings. The highest BCUT2D eigenvalue weighted by atomic mass is 16.4. The van der Waals surface area contributed by atoms with E-state index < -0.39 is 12.0 Å². The Hall–Kier alpha value is -2.14. The average molecular weight is 234 g/mol. The second kappa shape index (κ2) is 5.81. The molecule has 0 aromatic heterocycles. The minimum absolute atomic E-state index is 0.288. The van der Waals surface area contributed by atoms with Crippen LogP contribution >= 0.6 is 0 Å². The number of hydrogen-bond donors (Lipinski definition) is 3. The van der Waals surface area contributed by atoms with E-state index in [2.05, 4.69) is 5.32 Å². The maximum atomic E-state index is 11.3. The molecule has 1 amide bonds. The van der Waals surface area contributed by atoms with Gasteiger partial charge in [-0.3, -0.25) is 4.79 Å². The standard InChI is InChI=1S/C12H14N2O3/c1-8(13)12(17)14-10-4-2-3-9(7-10)5-6-11(15)16/h2-8H,13H2,1H3,(H,14,17)(H,15,16)/b6-5+/t8-/m0/s1. The molecule has 0 spiro atoms. The molecule has 0 aliphatic heterocycles. The number of nitrogens with one attached hydrogen (secondary N) is 1. The molecule has 17 heavy (non-hydrogen) atoms. The van der Waals surface area contributed by atoms with Gasteiger partial charge in [0.05, 0.1) is 6.04 Å². The molecule has 0 aliphatic carbocycles. The van der Waals surface area contributed by atoms with Crippen LogP contribution in [0.2, 0.25) is 0 Å². The lowest BCUT2D eigenvalue weighted by atomic mass is 10.2. The van der Waals surface area contributed by atoms with Crippen molar-refractivity contribution < 1.29 is 14.7 Å². The third-order valence-corrected chi connectivity index (χ3v) is 1.99. The molecule has 1 rings (SSSR count). The van der Waals surface area contributed by atoms with Crippen LogP contribution in [-0.4, -0.2) is 23.0 Å². The second-order valence-corrected chi connectivity index (χ2v) is 3.57. The van der Waals surface area contributed by atoms with Gasteiger partial charge in [0.25, 0.3) is 0 Å². The summed E-state index contributed by atoms with van der Waals surface area (Å²) in [6.45, 7) is 1.59. The first kappa shape index (κ1) is 12.9. The minimum atomic E-state index is -1.02. The summed E-state index contributed by atoms with van der Waals surface area (Å²) in [5.74, 6) is -1.31. The summed E-state index contributed by atoms with van der Waals surface area (Å²) in [6.07, 6.45) is 2.48. The van der Waals surface area contributed by atoms with Gasteiger partial charge >= 0.3 is 5.97 Å². The lowest BCUT2D eigenvalue weighted by molar-refractivity contribution is -0.131. The minimum Gasteiger partial charge on any atom is -0.478 e. The Labute approximate surface area is 98.9 Å². The number of nitrogens with two attached hydrogens (primary N) is 1.